The lowest BCUT2D eigenvalue weighted by atomic mass is 10.5. The first-order chi connectivity index (χ1) is 6.66. The smallest absolute Gasteiger partial charge is 0.266 e. The van der Waals surface area contributed by atoms with Gasteiger partial charge in [-0.3, -0.25) is 4.79 Å². The molecule has 0 saturated heterocycles. The molecule has 0 saturated carbocycles. The molecule has 1 rings (SSSR count). The molecule has 1 heterocycles. The Morgan fingerprint density at radius 1 is 1.57 bits per heavy atom. The van der Waals surface area contributed by atoms with Crippen molar-refractivity contribution in [1.29, 1.82) is 0 Å². The minimum Gasteiger partial charge on any atom is -0.266 e. The molecule has 0 bridgehead atoms. The molecule has 0 spiro atoms. The normalized spacial score (nSPS) is 10.5. The van der Waals surface area contributed by atoms with Gasteiger partial charge in [0.15, 0.2) is 0 Å². The molecule has 78 valence electrons. The number of thioether (sulfide) groups is 1. The Bertz CT molecular complexity index is 367. The Balaban J connectivity index is 2.79. The summed E-state index contributed by atoms with van der Waals surface area (Å²) in [5.74, 6) is 1.87. The number of hydrogen-bond acceptors (Lipinski definition) is 3. The summed E-state index contributed by atoms with van der Waals surface area (Å²) in [6.07, 6.45) is 1.39. The maximum absolute atomic E-state index is 11.5. The second-order valence-electron chi connectivity index (χ2n) is 2.53. The monoisotopic (exact) mass is 252 g/mol. The lowest BCUT2D eigenvalue weighted by Gasteiger charge is -2.04. The van der Waals surface area contributed by atoms with Crippen molar-refractivity contribution in [3.05, 3.63) is 26.6 Å². The lowest BCUT2D eigenvalue weighted by molar-refractivity contribution is 0.621. The summed E-state index contributed by atoms with van der Waals surface area (Å²) >= 11 is 13.1. The largest absolute Gasteiger partial charge is 0.287 e. The third-order valence-corrected chi connectivity index (χ3v) is 3.22. The molecule has 0 aromatic carbocycles. The maximum atomic E-state index is 11.5. The van der Waals surface area contributed by atoms with Crippen molar-refractivity contribution < 1.29 is 0 Å². The highest BCUT2D eigenvalue weighted by atomic mass is 35.5. The van der Waals surface area contributed by atoms with Crippen molar-refractivity contribution in [2.24, 2.45) is 0 Å². The van der Waals surface area contributed by atoms with Crippen LogP contribution in [0.1, 0.15) is 6.92 Å². The summed E-state index contributed by atoms with van der Waals surface area (Å²) in [6, 6.07) is 0. The SMILES string of the molecule is CCSCCn1ncc(Cl)c(Cl)c1=O. The van der Waals surface area contributed by atoms with Gasteiger partial charge in [-0.1, -0.05) is 30.1 Å². The molecule has 0 aliphatic rings. The number of rotatable bonds is 4. The predicted octanol–water partition coefficient (Wildman–Crippen LogP) is 2.30. The third-order valence-electron chi connectivity index (χ3n) is 1.59. The fourth-order valence-electron chi connectivity index (χ4n) is 0.900. The summed E-state index contributed by atoms with van der Waals surface area (Å²) in [7, 11) is 0. The van der Waals surface area contributed by atoms with Crippen LogP contribution in [0, 0.1) is 0 Å². The van der Waals surface area contributed by atoms with E-state index in [9.17, 15) is 4.79 Å². The van der Waals surface area contributed by atoms with E-state index in [0.717, 1.165) is 11.5 Å². The van der Waals surface area contributed by atoms with E-state index in [0.29, 0.717) is 6.54 Å². The Morgan fingerprint density at radius 3 is 2.93 bits per heavy atom. The highest BCUT2D eigenvalue weighted by Crippen LogP contribution is 2.14. The van der Waals surface area contributed by atoms with E-state index in [4.69, 9.17) is 23.2 Å². The first-order valence-corrected chi connectivity index (χ1v) is 6.06. The summed E-state index contributed by atoms with van der Waals surface area (Å²) in [5, 5.41) is 4.13. The average molecular weight is 253 g/mol. The predicted molar refractivity (Wildman–Crippen MR) is 61.5 cm³/mol. The van der Waals surface area contributed by atoms with Crippen LogP contribution in [0.3, 0.4) is 0 Å². The molecular formula is C8H10Cl2N2OS. The summed E-state index contributed by atoms with van der Waals surface area (Å²) < 4.78 is 1.33. The molecule has 0 aliphatic heterocycles. The van der Waals surface area contributed by atoms with Crippen molar-refractivity contribution in [3.63, 3.8) is 0 Å². The van der Waals surface area contributed by atoms with Crippen LogP contribution in [0.2, 0.25) is 10.0 Å². The van der Waals surface area contributed by atoms with Crippen LogP contribution in [0.25, 0.3) is 0 Å². The Labute approximate surface area is 96.4 Å². The van der Waals surface area contributed by atoms with Gasteiger partial charge in [0.25, 0.3) is 5.56 Å². The molecule has 0 N–H and O–H groups in total. The third kappa shape index (κ3) is 2.90. The number of aryl methyl sites for hydroxylation is 1. The van der Waals surface area contributed by atoms with Crippen LogP contribution < -0.4 is 5.56 Å². The van der Waals surface area contributed by atoms with Crippen molar-refractivity contribution in [1.82, 2.24) is 9.78 Å². The molecule has 6 heteroatoms. The van der Waals surface area contributed by atoms with E-state index in [1.54, 1.807) is 11.8 Å². The van der Waals surface area contributed by atoms with E-state index in [-0.39, 0.29) is 15.6 Å². The highest BCUT2D eigenvalue weighted by Gasteiger charge is 2.06. The van der Waals surface area contributed by atoms with E-state index < -0.39 is 0 Å². The quantitative estimate of drug-likeness (QED) is 0.772. The lowest BCUT2D eigenvalue weighted by Crippen LogP contribution is -2.24. The van der Waals surface area contributed by atoms with Gasteiger partial charge >= 0.3 is 0 Å². The van der Waals surface area contributed by atoms with Gasteiger partial charge in [-0.25, -0.2) is 4.68 Å². The Kier molecular flexibility index (Phi) is 4.78. The zero-order valence-electron chi connectivity index (χ0n) is 7.67. The van der Waals surface area contributed by atoms with E-state index >= 15 is 0 Å². The zero-order chi connectivity index (χ0) is 10.6. The summed E-state index contributed by atoms with van der Waals surface area (Å²) in [6.45, 7) is 2.63. The standard InChI is InChI=1S/C8H10Cl2N2OS/c1-2-14-4-3-12-8(13)7(10)6(9)5-11-12/h5H,2-4H2,1H3. The molecule has 0 unspecified atom stereocenters. The van der Waals surface area contributed by atoms with Gasteiger partial charge in [-0.05, 0) is 5.75 Å². The second-order valence-corrected chi connectivity index (χ2v) is 4.71. The maximum Gasteiger partial charge on any atom is 0.287 e. The van der Waals surface area contributed by atoms with Crippen molar-refractivity contribution in [2.45, 2.75) is 13.5 Å². The fourth-order valence-corrected chi connectivity index (χ4v) is 1.76. The zero-order valence-corrected chi connectivity index (χ0v) is 9.99. The molecule has 0 fully saturated rings. The van der Waals surface area contributed by atoms with Crippen LogP contribution >= 0.6 is 35.0 Å². The van der Waals surface area contributed by atoms with Crippen LogP contribution in [-0.2, 0) is 6.54 Å². The van der Waals surface area contributed by atoms with E-state index in [1.165, 1.54) is 10.9 Å². The minimum absolute atomic E-state index is 0.0446. The van der Waals surface area contributed by atoms with Crippen LogP contribution in [0.4, 0.5) is 0 Å². The molecular weight excluding hydrogens is 243 g/mol. The first-order valence-electron chi connectivity index (χ1n) is 4.15. The van der Waals surface area contributed by atoms with Crippen molar-refractivity contribution in [3.8, 4) is 0 Å². The number of nitrogens with zero attached hydrogens (tertiary/aromatic N) is 2. The van der Waals surface area contributed by atoms with Gasteiger partial charge in [0.1, 0.15) is 5.02 Å². The first kappa shape index (κ1) is 11.9. The molecule has 0 radical (unpaired) electrons. The van der Waals surface area contributed by atoms with Gasteiger partial charge in [0, 0.05) is 5.75 Å². The molecule has 1 aromatic rings. The average Bonchev–Trinajstić information content (AvgIpc) is 2.18. The van der Waals surface area contributed by atoms with Gasteiger partial charge in [0.05, 0.1) is 17.8 Å². The molecule has 0 atom stereocenters. The van der Waals surface area contributed by atoms with E-state index in [1.807, 2.05) is 0 Å². The van der Waals surface area contributed by atoms with Gasteiger partial charge in [-0.2, -0.15) is 16.9 Å². The minimum atomic E-state index is -0.323. The number of halogens is 2. The van der Waals surface area contributed by atoms with Gasteiger partial charge in [-0.15, -0.1) is 0 Å². The van der Waals surface area contributed by atoms with E-state index in [2.05, 4.69) is 12.0 Å². The van der Waals surface area contributed by atoms with Crippen molar-refractivity contribution >= 4 is 35.0 Å². The topological polar surface area (TPSA) is 34.9 Å². The number of hydrogen-bond donors (Lipinski definition) is 0. The van der Waals surface area contributed by atoms with Gasteiger partial charge in [0.2, 0.25) is 0 Å². The summed E-state index contributed by atoms with van der Waals surface area (Å²) in [4.78, 5) is 11.5. The fraction of sp³-hybridized carbons (Fsp3) is 0.500. The van der Waals surface area contributed by atoms with Crippen LogP contribution in [-0.4, -0.2) is 21.3 Å². The molecule has 3 nitrogen and oxygen atoms in total. The van der Waals surface area contributed by atoms with Crippen LogP contribution in [0.15, 0.2) is 11.0 Å². The van der Waals surface area contributed by atoms with Crippen LogP contribution in [0.5, 0.6) is 0 Å². The highest BCUT2D eigenvalue weighted by molar-refractivity contribution is 7.99. The molecule has 0 aliphatic carbocycles. The Hall–Kier alpha value is -0.190. The Morgan fingerprint density at radius 2 is 2.29 bits per heavy atom. The van der Waals surface area contributed by atoms with Crippen molar-refractivity contribution in [2.75, 3.05) is 11.5 Å². The molecule has 1 aromatic heterocycles. The number of aromatic nitrogens is 2. The summed E-state index contributed by atoms with van der Waals surface area (Å²) in [5.41, 5.74) is -0.323. The second kappa shape index (κ2) is 5.63. The van der Waals surface area contributed by atoms with Gasteiger partial charge < -0.3 is 0 Å². The molecule has 14 heavy (non-hydrogen) atoms. The molecule has 0 amide bonds.